The Morgan fingerprint density at radius 2 is 1.90 bits per heavy atom. The number of amides is 1. The Morgan fingerprint density at radius 3 is 2.48 bits per heavy atom. The average Bonchev–Trinajstić information content (AvgIpc) is 2.88. The molecule has 110 valence electrons. The van der Waals surface area contributed by atoms with Crippen LogP contribution in [0.4, 0.5) is 0 Å². The molecule has 7 nitrogen and oxygen atoms in total. The van der Waals surface area contributed by atoms with E-state index in [9.17, 15) is 17.8 Å². The Hall–Kier alpha value is -2.16. The van der Waals surface area contributed by atoms with Crippen molar-refractivity contribution >= 4 is 33.8 Å². The molecule has 0 aliphatic rings. The molecule has 21 heavy (non-hydrogen) atoms. The summed E-state index contributed by atoms with van der Waals surface area (Å²) in [6.45, 7) is 0. The van der Waals surface area contributed by atoms with Crippen molar-refractivity contribution in [3.8, 4) is 0 Å². The molecule has 1 N–H and O–H groups in total. The molecular formula is C12H8ClN2O5S-. The van der Waals surface area contributed by atoms with Crippen molar-refractivity contribution in [3.63, 3.8) is 0 Å². The van der Waals surface area contributed by atoms with Crippen LogP contribution in [-0.2, 0) is 10.1 Å². The van der Waals surface area contributed by atoms with E-state index in [1.165, 1.54) is 18.2 Å². The second-order valence-electron chi connectivity index (χ2n) is 3.82. The minimum absolute atomic E-state index is 0.0147. The number of benzene rings is 1. The third-order valence-electron chi connectivity index (χ3n) is 2.31. The quantitative estimate of drug-likeness (QED) is 0.520. The predicted molar refractivity (Wildman–Crippen MR) is 73.2 cm³/mol. The highest BCUT2D eigenvalue weighted by molar-refractivity contribution is 7.85. The summed E-state index contributed by atoms with van der Waals surface area (Å²) in [6.07, 6.45) is 1.07. The van der Waals surface area contributed by atoms with Crippen molar-refractivity contribution in [2.45, 2.75) is 5.09 Å². The van der Waals surface area contributed by atoms with Gasteiger partial charge in [0.15, 0.2) is 10.1 Å². The van der Waals surface area contributed by atoms with Gasteiger partial charge in [0.05, 0.1) is 6.21 Å². The summed E-state index contributed by atoms with van der Waals surface area (Å²) in [7, 11) is -4.65. The molecule has 0 bridgehead atoms. The van der Waals surface area contributed by atoms with Gasteiger partial charge in [0.1, 0.15) is 5.76 Å². The fraction of sp³-hybridized carbons (Fsp3) is 0. The normalized spacial score (nSPS) is 11.7. The zero-order valence-corrected chi connectivity index (χ0v) is 11.9. The molecule has 1 heterocycles. The van der Waals surface area contributed by atoms with Crippen LogP contribution < -0.4 is 5.43 Å². The first kappa shape index (κ1) is 15.2. The van der Waals surface area contributed by atoms with Crippen LogP contribution in [0.3, 0.4) is 0 Å². The summed E-state index contributed by atoms with van der Waals surface area (Å²) in [5, 5.41) is 3.37. The first-order chi connectivity index (χ1) is 9.86. The van der Waals surface area contributed by atoms with Crippen LogP contribution in [-0.4, -0.2) is 25.1 Å². The molecule has 1 amide bonds. The molecule has 0 aliphatic heterocycles. The van der Waals surface area contributed by atoms with E-state index in [-0.39, 0.29) is 5.76 Å². The highest BCUT2D eigenvalue weighted by Gasteiger charge is 2.07. The lowest BCUT2D eigenvalue weighted by Crippen LogP contribution is -2.17. The van der Waals surface area contributed by atoms with Crippen LogP contribution in [0.2, 0.25) is 5.02 Å². The minimum atomic E-state index is -4.65. The van der Waals surface area contributed by atoms with E-state index in [4.69, 9.17) is 16.0 Å². The van der Waals surface area contributed by atoms with Gasteiger partial charge >= 0.3 is 0 Å². The van der Waals surface area contributed by atoms with Gasteiger partial charge in [0.2, 0.25) is 5.09 Å². The van der Waals surface area contributed by atoms with Crippen LogP contribution in [0.25, 0.3) is 0 Å². The number of rotatable bonds is 4. The predicted octanol–water partition coefficient (Wildman–Crippen LogP) is 1.60. The van der Waals surface area contributed by atoms with Gasteiger partial charge < -0.3 is 8.97 Å². The number of furan rings is 1. The van der Waals surface area contributed by atoms with Crippen LogP contribution >= 0.6 is 11.6 Å². The Bertz CT molecular complexity index is 780. The van der Waals surface area contributed by atoms with Gasteiger partial charge in [-0.05, 0) is 36.4 Å². The van der Waals surface area contributed by atoms with Gasteiger partial charge in [0.25, 0.3) is 5.91 Å². The summed E-state index contributed by atoms with van der Waals surface area (Å²) >= 11 is 5.69. The van der Waals surface area contributed by atoms with Crippen LogP contribution in [0.1, 0.15) is 16.1 Å². The molecule has 0 radical (unpaired) electrons. The lowest BCUT2D eigenvalue weighted by Gasteiger charge is -2.00. The third kappa shape index (κ3) is 4.15. The van der Waals surface area contributed by atoms with Crippen LogP contribution in [0, 0.1) is 0 Å². The largest absolute Gasteiger partial charge is 0.742 e. The maximum absolute atomic E-state index is 11.7. The number of hydrogen-bond donors (Lipinski definition) is 1. The van der Waals surface area contributed by atoms with E-state index in [0.717, 1.165) is 12.3 Å². The van der Waals surface area contributed by atoms with Gasteiger partial charge in [-0.15, -0.1) is 0 Å². The van der Waals surface area contributed by atoms with Gasteiger partial charge in [-0.1, -0.05) is 11.6 Å². The molecular weight excluding hydrogens is 320 g/mol. The Morgan fingerprint density at radius 1 is 1.24 bits per heavy atom. The van der Waals surface area contributed by atoms with E-state index >= 15 is 0 Å². The van der Waals surface area contributed by atoms with Crippen molar-refractivity contribution in [2.24, 2.45) is 5.10 Å². The third-order valence-corrected chi connectivity index (χ3v) is 3.28. The molecule has 2 aromatic rings. The van der Waals surface area contributed by atoms with Crippen LogP contribution in [0.15, 0.2) is 51.0 Å². The molecule has 1 aromatic heterocycles. The second-order valence-corrected chi connectivity index (χ2v) is 5.56. The van der Waals surface area contributed by atoms with Gasteiger partial charge in [-0.25, -0.2) is 13.8 Å². The number of nitrogens with zero attached hydrogens (tertiary/aromatic N) is 1. The minimum Gasteiger partial charge on any atom is -0.742 e. The summed E-state index contributed by atoms with van der Waals surface area (Å²) < 4.78 is 36.7. The number of nitrogens with one attached hydrogen (secondary N) is 1. The molecule has 1 aromatic carbocycles. The fourth-order valence-corrected chi connectivity index (χ4v) is 1.92. The molecule has 9 heteroatoms. The maximum atomic E-state index is 11.7. The highest BCUT2D eigenvalue weighted by Crippen LogP contribution is 2.12. The van der Waals surface area contributed by atoms with Gasteiger partial charge in [0, 0.05) is 10.6 Å². The van der Waals surface area contributed by atoms with Gasteiger partial charge in [-0.2, -0.15) is 5.10 Å². The SMILES string of the molecule is O=C(N/N=C/c1ccc(S(=O)(=O)[O-])o1)c1ccc(Cl)cc1. The van der Waals surface area contributed by atoms with E-state index in [1.807, 2.05) is 0 Å². The lowest BCUT2D eigenvalue weighted by atomic mass is 10.2. The number of carbonyl (C=O) groups excluding carboxylic acids is 1. The second kappa shape index (κ2) is 6.08. The Kier molecular flexibility index (Phi) is 4.41. The standard InChI is InChI=1S/C12H9ClN2O5S/c13-9-3-1-8(2-4-9)12(16)15-14-7-10-5-6-11(20-10)21(17,18)19/h1-7H,(H,15,16)(H,17,18,19)/p-1/b14-7+. The number of carbonyl (C=O) groups is 1. The number of halogens is 1. The molecule has 0 unspecified atom stereocenters. The molecule has 0 saturated heterocycles. The Labute approximate surface area is 125 Å². The first-order valence-corrected chi connectivity index (χ1v) is 7.29. The zero-order chi connectivity index (χ0) is 15.5. The molecule has 0 saturated carbocycles. The van der Waals surface area contributed by atoms with Crippen molar-refractivity contribution in [1.29, 1.82) is 0 Å². The number of hydrogen-bond acceptors (Lipinski definition) is 6. The highest BCUT2D eigenvalue weighted by atomic mass is 35.5. The summed E-state index contributed by atoms with van der Waals surface area (Å²) in [5.41, 5.74) is 2.56. The molecule has 0 aliphatic carbocycles. The zero-order valence-electron chi connectivity index (χ0n) is 10.3. The molecule has 0 atom stereocenters. The topological polar surface area (TPSA) is 112 Å². The van der Waals surface area contributed by atoms with Crippen LogP contribution in [0.5, 0.6) is 0 Å². The van der Waals surface area contributed by atoms with E-state index in [0.29, 0.717) is 10.6 Å². The van der Waals surface area contributed by atoms with E-state index in [1.54, 1.807) is 12.1 Å². The fourth-order valence-electron chi connectivity index (χ4n) is 1.36. The smallest absolute Gasteiger partial charge is 0.271 e. The van der Waals surface area contributed by atoms with Crippen molar-refractivity contribution in [2.75, 3.05) is 0 Å². The van der Waals surface area contributed by atoms with Crippen molar-refractivity contribution < 1.29 is 22.2 Å². The molecule has 2 rings (SSSR count). The summed E-state index contributed by atoms with van der Waals surface area (Å²) in [4.78, 5) is 11.7. The van der Waals surface area contributed by atoms with Gasteiger partial charge in [-0.3, -0.25) is 4.79 Å². The molecule has 0 spiro atoms. The monoisotopic (exact) mass is 327 g/mol. The van der Waals surface area contributed by atoms with Crippen molar-refractivity contribution in [3.05, 3.63) is 52.7 Å². The molecule has 0 fully saturated rings. The first-order valence-electron chi connectivity index (χ1n) is 5.51. The van der Waals surface area contributed by atoms with E-state index < -0.39 is 21.1 Å². The Balaban J connectivity index is 2.01. The maximum Gasteiger partial charge on any atom is 0.271 e. The summed E-state index contributed by atoms with van der Waals surface area (Å²) in [6, 6.07) is 8.38. The number of hydrazone groups is 1. The van der Waals surface area contributed by atoms with E-state index in [2.05, 4.69) is 10.5 Å². The average molecular weight is 328 g/mol. The van der Waals surface area contributed by atoms with Crippen molar-refractivity contribution in [1.82, 2.24) is 5.43 Å². The summed E-state index contributed by atoms with van der Waals surface area (Å²) in [5.74, 6) is -0.466. The lowest BCUT2D eigenvalue weighted by molar-refractivity contribution is 0.0955.